The van der Waals surface area contributed by atoms with Crippen LogP contribution in [0.3, 0.4) is 0 Å². The summed E-state index contributed by atoms with van der Waals surface area (Å²) in [5, 5.41) is 3.41. The molecule has 1 aliphatic rings. The van der Waals surface area contributed by atoms with Crippen LogP contribution in [-0.4, -0.2) is 57.5 Å². The molecule has 4 rings (SSSR count). The van der Waals surface area contributed by atoms with E-state index >= 15 is 0 Å². The lowest BCUT2D eigenvalue weighted by atomic mass is 10.1. The minimum atomic E-state index is -4.39. The number of carbonyl (C=O) groups excluding carboxylic acids is 2. The first-order valence-corrected chi connectivity index (χ1v) is 15.9. The average molecular weight is 653 g/mol. The molecule has 13 heteroatoms. The second-order valence-electron chi connectivity index (χ2n) is 9.78. The van der Waals surface area contributed by atoms with E-state index < -0.39 is 34.3 Å². The molecule has 0 radical (unpaired) electrons. The van der Waals surface area contributed by atoms with Crippen molar-refractivity contribution in [1.82, 2.24) is 10.2 Å². The number of halogens is 3. The van der Waals surface area contributed by atoms with Crippen LogP contribution in [0.2, 0.25) is 10.0 Å². The van der Waals surface area contributed by atoms with Crippen molar-refractivity contribution >= 4 is 50.7 Å². The second kappa shape index (κ2) is 14.3. The second-order valence-corrected chi connectivity index (χ2v) is 12.5. The number of ether oxygens (including phenoxy) is 2. The van der Waals surface area contributed by atoms with Crippen LogP contribution >= 0.6 is 23.2 Å². The Labute approximate surface area is 260 Å². The van der Waals surface area contributed by atoms with Gasteiger partial charge in [-0.3, -0.25) is 13.9 Å². The third-order valence-corrected chi connectivity index (χ3v) is 9.28. The molecular weight excluding hydrogens is 620 g/mol. The molecule has 1 atom stereocenters. The van der Waals surface area contributed by atoms with Gasteiger partial charge < -0.3 is 19.7 Å². The molecular formula is C30H32Cl2FN3O6S. The summed E-state index contributed by atoms with van der Waals surface area (Å²) in [5.74, 6) is -0.966. The van der Waals surface area contributed by atoms with Crippen molar-refractivity contribution in [3.05, 3.63) is 82.1 Å². The maximum atomic E-state index is 14.1. The Morgan fingerprint density at radius 1 is 0.953 bits per heavy atom. The summed E-state index contributed by atoms with van der Waals surface area (Å²) in [6, 6.07) is 12.8. The fourth-order valence-corrected chi connectivity index (χ4v) is 6.32. The maximum Gasteiger partial charge on any atom is 0.264 e. The van der Waals surface area contributed by atoms with Gasteiger partial charge in [-0.25, -0.2) is 12.8 Å². The Balaban J connectivity index is 1.74. The van der Waals surface area contributed by atoms with Gasteiger partial charge in [-0.1, -0.05) is 43.1 Å². The van der Waals surface area contributed by atoms with Crippen LogP contribution in [0.4, 0.5) is 10.1 Å². The molecule has 3 aromatic carbocycles. The molecule has 230 valence electrons. The van der Waals surface area contributed by atoms with Gasteiger partial charge in [-0.05, 0) is 66.9 Å². The third kappa shape index (κ3) is 7.70. The zero-order valence-corrected chi connectivity index (χ0v) is 26.0. The van der Waals surface area contributed by atoms with Gasteiger partial charge in [0.2, 0.25) is 11.8 Å². The molecule has 0 saturated carbocycles. The van der Waals surface area contributed by atoms with E-state index in [4.69, 9.17) is 32.7 Å². The molecule has 1 N–H and O–H groups in total. The SMILES string of the molecule is CCCNC(=O)[C@@H](CC)N(Cc1ccc(Cl)c(Cl)c1)C(=O)CN(c1ccc(F)cc1)S(=O)(=O)c1ccc2c(c1)OCCO2. The van der Waals surface area contributed by atoms with E-state index in [0.29, 0.717) is 35.9 Å². The number of fused-ring (bicyclic) bond motifs is 1. The number of hydrogen-bond donors (Lipinski definition) is 1. The van der Waals surface area contributed by atoms with Crippen LogP contribution < -0.4 is 19.1 Å². The van der Waals surface area contributed by atoms with Crippen LogP contribution in [0, 0.1) is 5.82 Å². The van der Waals surface area contributed by atoms with Gasteiger partial charge in [0.25, 0.3) is 10.0 Å². The number of rotatable bonds is 12. The van der Waals surface area contributed by atoms with Crippen molar-refractivity contribution in [1.29, 1.82) is 0 Å². The highest BCUT2D eigenvalue weighted by molar-refractivity contribution is 7.92. The normalized spacial score (nSPS) is 13.2. The van der Waals surface area contributed by atoms with Crippen LogP contribution in [0.25, 0.3) is 0 Å². The Bertz CT molecular complexity index is 1570. The van der Waals surface area contributed by atoms with Gasteiger partial charge in [-0.2, -0.15) is 0 Å². The van der Waals surface area contributed by atoms with E-state index in [1.54, 1.807) is 25.1 Å². The average Bonchev–Trinajstić information content (AvgIpc) is 3.00. The van der Waals surface area contributed by atoms with Crippen molar-refractivity contribution in [2.75, 3.05) is 30.6 Å². The molecule has 9 nitrogen and oxygen atoms in total. The highest BCUT2D eigenvalue weighted by Gasteiger charge is 2.34. The highest BCUT2D eigenvalue weighted by Crippen LogP contribution is 2.34. The molecule has 0 unspecified atom stereocenters. The number of nitrogens with zero attached hydrogens (tertiary/aromatic N) is 2. The lowest BCUT2D eigenvalue weighted by molar-refractivity contribution is -0.140. The fourth-order valence-electron chi connectivity index (χ4n) is 4.57. The van der Waals surface area contributed by atoms with E-state index in [-0.39, 0.29) is 46.8 Å². The number of carbonyl (C=O) groups is 2. The quantitative estimate of drug-likeness (QED) is 0.280. The van der Waals surface area contributed by atoms with Crippen molar-refractivity contribution in [3.63, 3.8) is 0 Å². The Morgan fingerprint density at radius 2 is 1.65 bits per heavy atom. The molecule has 0 saturated heterocycles. The van der Waals surface area contributed by atoms with Crippen molar-refractivity contribution in [2.45, 2.75) is 44.2 Å². The number of nitrogens with one attached hydrogen (secondary N) is 1. The molecule has 0 spiro atoms. The van der Waals surface area contributed by atoms with Gasteiger partial charge in [0.05, 0.1) is 20.6 Å². The van der Waals surface area contributed by atoms with Gasteiger partial charge in [0.15, 0.2) is 11.5 Å². The monoisotopic (exact) mass is 651 g/mol. The summed E-state index contributed by atoms with van der Waals surface area (Å²) in [7, 11) is -4.39. The number of sulfonamides is 1. The lowest BCUT2D eigenvalue weighted by Gasteiger charge is -2.33. The van der Waals surface area contributed by atoms with Gasteiger partial charge >= 0.3 is 0 Å². The third-order valence-electron chi connectivity index (χ3n) is 6.77. The van der Waals surface area contributed by atoms with E-state index in [9.17, 15) is 22.4 Å². The van der Waals surface area contributed by atoms with E-state index in [1.807, 2.05) is 6.92 Å². The van der Waals surface area contributed by atoms with Gasteiger partial charge in [-0.15, -0.1) is 0 Å². The summed E-state index contributed by atoms with van der Waals surface area (Å²) in [6.45, 7) is 3.92. The van der Waals surface area contributed by atoms with E-state index in [2.05, 4.69) is 5.32 Å². The highest BCUT2D eigenvalue weighted by atomic mass is 35.5. The first kappa shape index (κ1) is 32.4. The predicted octanol–water partition coefficient (Wildman–Crippen LogP) is 5.43. The summed E-state index contributed by atoms with van der Waals surface area (Å²) in [4.78, 5) is 28.5. The molecule has 1 aliphatic heterocycles. The Morgan fingerprint density at radius 3 is 2.30 bits per heavy atom. The largest absolute Gasteiger partial charge is 0.486 e. The first-order valence-electron chi connectivity index (χ1n) is 13.7. The van der Waals surface area contributed by atoms with Crippen molar-refractivity contribution < 1.29 is 31.9 Å². The van der Waals surface area contributed by atoms with Crippen molar-refractivity contribution in [2.24, 2.45) is 0 Å². The molecule has 0 fully saturated rings. The van der Waals surface area contributed by atoms with E-state index in [1.165, 1.54) is 35.2 Å². The molecule has 0 aliphatic carbocycles. The maximum absolute atomic E-state index is 14.1. The van der Waals surface area contributed by atoms with Crippen LogP contribution in [0.5, 0.6) is 11.5 Å². The van der Waals surface area contributed by atoms with E-state index in [0.717, 1.165) is 16.4 Å². The Hall–Kier alpha value is -3.54. The molecule has 2 amide bonds. The summed E-state index contributed by atoms with van der Waals surface area (Å²) >= 11 is 12.3. The fraction of sp³-hybridized carbons (Fsp3) is 0.333. The minimum absolute atomic E-state index is 0.0465. The standard InChI is InChI=1S/C30H32Cl2FN3O6S/c1-3-13-34-30(38)26(4-2)35(18-20-5-11-24(31)25(32)16-20)29(37)19-36(22-8-6-21(33)7-9-22)43(39,40)23-10-12-27-28(17-23)42-15-14-41-27/h5-12,16-17,26H,3-4,13-15,18-19H2,1-2H3,(H,34,38)/t26-/m1/s1. The summed E-state index contributed by atoms with van der Waals surface area (Å²) in [5.41, 5.74) is 0.648. The van der Waals surface area contributed by atoms with Gasteiger partial charge in [0.1, 0.15) is 31.6 Å². The number of amides is 2. The minimum Gasteiger partial charge on any atom is -0.486 e. The summed E-state index contributed by atoms with van der Waals surface area (Å²) in [6.07, 6.45) is 0.948. The zero-order valence-electron chi connectivity index (χ0n) is 23.7. The van der Waals surface area contributed by atoms with Crippen LogP contribution in [-0.2, 0) is 26.2 Å². The number of anilines is 1. The zero-order chi connectivity index (χ0) is 31.1. The summed E-state index contributed by atoms with van der Waals surface area (Å²) < 4.78 is 54.0. The smallest absolute Gasteiger partial charge is 0.264 e. The van der Waals surface area contributed by atoms with Crippen LogP contribution in [0.15, 0.2) is 65.6 Å². The molecule has 3 aromatic rings. The van der Waals surface area contributed by atoms with Crippen LogP contribution in [0.1, 0.15) is 32.3 Å². The van der Waals surface area contributed by atoms with Gasteiger partial charge in [0, 0.05) is 19.2 Å². The van der Waals surface area contributed by atoms with Crippen molar-refractivity contribution in [3.8, 4) is 11.5 Å². The Kier molecular flexibility index (Phi) is 10.8. The first-order chi connectivity index (χ1) is 20.5. The molecule has 43 heavy (non-hydrogen) atoms. The molecule has 0 bridgehead atoms. The lowest BCUT2D eigenvalue weighted by Crippen LogP contribution is -2.52. The predicted molar refractivity (Wildman–Crippen MR) is 163 cm³/mol. The molecule has 1 heterocycles. The number of benzene rings is 3. The number of hydrogen-bond acceptors (Lipinski definition) is 6. The molecule has 0 aromatic heterocycles. The topological polar surface area (TPSA) is 105 Å².